The molecule has 0 fully saturated rings. The van der Waals surface area contributed by atoms with Gasteiger partial charge in [0.2, 0.25) is 0 Å². The highest BCUT2D eigenvalue weighted by atomic mass is 28.3. The van der Waals surface area contributed by atoms with Gasteiger partial charge < -0.3 is 0 Å². The molecule has 6 aliphatic carbocycles. The van der Waals surface area contributed by atoms with E-state index in [0.717, 1.165) is 12.8 Å². The van der Waals surface area contributed by atoms with Crippen molar-refractivity contribution in [2.24, 2.45) is 47.3 Å². The van der Waals surface area contributed by atoms with Crippen LogP contribution in [0.5, 0.6) is 0 Å². The first-order chi connectivity index (χ1) is 69.3. The van der Waals surface area contributed by atoms with Crippen molar-refractivity contribution in [1.82, 2.24) is 0 Å². The van der Waals surface area contributed by atoms with Gasteiger partial charge in [0.1, 0.15) is 8.07 Å². The monoisotopic (exact) mass is 1900 g/mol. The van der Waals surface area contributed by atoms with Gasteiger partial charge in [-0.25, -0.2) is 0 Å². The molecule has 0 aliphatic heterocycles. The van der Waals surface area contributed by atoms with Crippen molar-refractivity contribution < 1.29 is 0 Å². The second kappa shape index (κ2) is 41.0. The minimum absolute atomic E-state index is 0.0525. The quantitative estimate of drug-likeness (QED) is 0.0335. The van der Waals surface area contributed by atoms with Crippen LogP contribution in [-0.2, 0) is 31.7 Å². The van der Waals surface area contributed by atoms with E-state index in [1.165, 1.54) is 320 Å². The Bertz CT molecular complexity index is 6090. The third-order valence-electron chi connectivity index (χ3n) is 36.7. The molecule has 0 atom stereocenters. The number of hydrogen-bond acceptors (Lipinski definition) is 0. The molecule has 0 amide bonds. The molecule has 0 saturated carbocycles. The van der Waals surface area contributed by atoms with Gasteiger partial charge in [0.15, 0.2) is 0 Å². The molecule has 0 radical (unpaired) electrons. The topological polar surface area (TPSA) is 0 Å². The van der Waals surface area contributed by atoms with E-state index in [0.29, 0.717) is 47.3 Å². The lowest BCUT2D eigenvalue weighted by Gasteiger charge is -2.59. The first kappa shape index (κ1) is 99.6. The van der Waals surface area contributed by atoms with Gasteiger partial charge in [0.05, 0.1) is 0 Å². The molecule has 20 rings (SSSR count). The van der Waals surface area contributed by atoms with Crippen molar-refractivity contribution in [3.8, 4) is 111 Å². The van der Waals surface area contributed by atoms with Gasteiger partial charge >= 0.3 is 0 Å². The molecule has 14 aromatic carbocycles. The summed E-state index contributed by atoms with van der Waals surface area (Å²) in [4.78, 5) is 0. The van der Waals surface area contributed by atoms with E-state index in [1.807, 2.05) is 0 Å². The predicted octanol–water partition coefficient (Wildman–Crippen LogP) is 39.4. The van der Waals surface area contributed by atoms with Crippen LogP contribution in [0.25, 0.3) is 111 Å². The number of benzene rings is 14. The Kier molecular flexibility index (Phi) is 28.5. The first-order valence-corrected chi connectivity index (χ1v) is 59.0. The Morgan fingerprint density at radius 2 is 0.336 bits per heavy atom. The molecule has 1 heteroatoms. The molecule has 0 nitrogen and oxygen atoms in total. The van der Waals surface area contributed by atoms with Crippen LogP contribution in [0.15, 0.2) is 303 Å². The van der Waals surface area contributed by atoms with E-state index in [4.69, 9.17) is 0 Å². The Morgan fingerprint density at radius 1 is 0.168 bits per heavy atom. The molecule has 0 bridgehead atoms. The standard InChI is InChI=1S/C142H164Si/c1-19-141(133-91-107(103-67-75-129-121(87-103)113-55-27-31-59-125(113)137(129,79-35-43-95(3)4)80-36-44-96(5)6)63-71-117(133)118-72-64-108(92-134(118)141)104-68-76-130-122(88-104)114-56-28-32-60-126(114)138(130,81-37-45-97(7)8)82-38-46-98(9)10)143(111-51-23-21-24-52-111,112-53-25-22-26-54-112)142(20-2)135-93-109(105-69-77-131-123(89-105)115-57-29-33-61-127(115)139(131,83-39-47-99(11)12)84-40-48-100(13)14)65-73-119(135)120-74-66-110(94-136(120)142)106-70-78-132-124(90-106)116-58-30-34-62-128(116)140(132,85-41-49-101(15)16)86-42-50-102(17)18/h21-34,51-78,87-102H,19-20,35-50,79-86H2,1-18H3. The summed E-state index contributed by atoms with van der Waals surface area (Å²) in [6.45, 7) is 44.1. The molecular formula is C142H164Si. The van der Waals surface area contributed by atoms with Gasteiger partial charge in [-0.05, 0) is 338 Å². The van der Waals surface area contributed by atoms with Crippen LogP contribution < -0.4 is 10.4 Å². The van der Waals surface area contributed by atoms with Crippen molar-refractivity contribution >= 4 is 18.4 Å². The van der Waals surface area contributed by atoms with E-state index >= 15 is 0 Å². The highest BCUT2D eigenvalue weighted by Gasteiger charge is 2.72. The predicted molar refractivity (Wildman–Crippen MR) is 620 cm³/mol. The molecule has 0 aromatic heterocycles. The van der Waals surface area contributed by atoms with Crippen LogP contribution in [0.2, 0.25) is 0 Å². The average Bonchev–Trinajstić information content (AvgIpc) is 1.49. The van der Waals surface area contributed by atoms with Crippen molar-refractivity contribution in [2.75, 3.05) is 0 Å². The number of fused-ring (bicyclic) bond motifs is 18. The van der Waals surface area contributed by atoms with Gasteiger partial charge in [-0.2, -0.15) is 0 Å². The maximum Gasteiger partial charge on any atom is 0.147 e. The summed E-state index contributed by atoms with van der Waals surface area (Å²) in [5.41, 5.74) is 45.3. The van der Waals surface area contributed by atoms with Crippen molar-refractivity contribution in [2.45, 2.75) is 323 Å². The molecule has 14 aromatic rings. The summed E-state index contributed by atoms with van der Waals surface area (Å²) >= 11 is 0. The van der Waals surface area contributed by atoms with Crippen LogP contribution in [0.3, 0.4) is 0 Å². The molecule has 143 heavy (non-hydrogen) atoms. The molecule has 0 unspecified atom stereocenters. The van der Waals surface area contributed by atoms with E-state index in [-0.39, 0.29) is 21.7 Å². The Hall–Kier alpha value is -10.7. The summed E-state index contributed by atoms with van der Waals surface area (Å²) in [5, 5.41) is 1.59. The van der Waals surface area contributed by atoms with Crippen LogP contribution in [0.1, 0.15) is 358 Å². The third kappa shape index (κ3) is 17.2. The van der Waals surface area contributed by atoms with E-state index < -0.39 is 18.2 Å². The lowest BCUT2D eigenvalue weighted by molar-refractivity contribution is 0.378. The second-order valence-electron chi connectivity index (χ2n) is 48.9. The third-order valence-corrected chi connectivity index (χ3v) is 43.5. The minimum Gasteiger partial charge on any atom is -0.0645 e. The van der Waals surface area contributed by atoms with Crippen molar-refractivity contribution in [1.29, 1.82) is 0 Å². The summed E-state index contributed by atoms with van der Waals surface area (Å²) in [6, 6.07) is 128. The summed E-state index contributed by atoms with van der Waals surface area (Å²) < 4.78 is 0. The fourth-order valence-electron chi connectivity index (χ4n) is 30.3. The lowest BCUT2D eigenvalue weighted by atomic mass is 9.70. The van der Waals surface area contributed by atoms with Gasteiger partial charge in [0, 0.05) is 31.7 Å². The molecule has 6 aliphatic rings. The zero-order valence-corrected chi connectivity index (χ0v) is 91.4. The molecule has 0 saturated heterocycles. The fourth-order valence-corrected chi connectivity index (χ4v) is 38.2. The van der Waals surface area contributed by atoms with Gasteiger partial charge in [0.25, 0.3) is 0 Å². The zero-order valence-electron chi connectivity index (χ0n) is 90.4. The zero-order chi connectivity index (χ0) is 99.5. The van der Waals surface area contributed by atoms with Crippen molar-refractivity contribution in [3.63, 3.8) is 0 Å². The first-order valence-electron chi connectivity index (χ1n) is 57.0. The van der Waals surface area contributed by atoms with Gasteiger partial charge in [-0.15, -0.1) is 0 Å². The maximum atomic E-state index is 2.83. The van der Waals surface area contributed by atoms with E-state index in [1.54, 1.807) is 22.3 Å². The van der Waals surface area contributed by atoms with Crippen LogP contribution in [-0.4, -0.2) is 8.07 Å². The second-order valence-corrected chi connectivity index (χ2v) is 53.2. The molecule has 0 N–H and O–H groups in total. The Morgan fingerprint density at radius 3 is 0.531 bits per heavy atom. The van der Waals surface area contributed by atoms with Crippen LogP contribution in [0, 0.1) is 47.3 Å². The molecular weight excluding hydrogens is 1730 g/mol. The van der Waals surface area contributed by atoms with Crippen molar-refractivity contribution in [3.05, 3.63) is 370 Å². The van der Waals surface area contributed by atoms with Crippen LogP contribution in [0.4, 0.5) is 0 Å². The maximum absolute atomic E-state index is 3.98. The summed E-state index contributed by atoms with van der Waals surface area (Å²) in [5.74, 6) is 5.22. The molecule has 0 heterocycles. The Labute approximate surface area is 864 Å². The minimum atomic E-state index is -3.98. The molecule has 736 valence electrons. The Balaban J connectivity index is 0.869. The SMILES string of the molecule is CCC1([Si](c2ccccc2)(c2ccccc2)C2(CC)c3cc(-c4ccc5c(c4)-c4ccccc4C5(CCCC(C)C)CCCC(C)C)ccc3-c3ccc(-c4ccc5c(c4)-c4ccccc4C5(CCCC(C)C)CCCC(C)C)cc32)c2cc(-c3ccc4c(c3)-c3ccccc3C4(CCCC(C)C)CCCC(C)C)ccc2-c2ccc(-c3ccc4c(c3)-c3ccccc3C4(CCCC(C)C)CCCC(C)C)cc21. The largest absolute Gasteiger partial charge is 0.147 e. The fraction of sp³-hybridized carbons (Fsp3) is 0.408. The highest BCUT2D eigenvalue weighted by molar-refractivity contribution is 7.07. The summed E-state index contributed by atoms with van der Waals surface area (Å²) in [6.07, 6.45) is 30.6. The average molecular weight is 1900 g/mol. The van der Waals surface area contributed by atoms with E-state index in [2.05, 4.69) is 428 Å². The number of rotatable bonds is 42. The highest BCUT2D eigenvalue weighted by Crippen LogP contribution is 2.69. The van der Waals surface area contributed by atoms with Crippen LogP contribution >= 0.6 is 0 Å². The van der Waals surface area contributed by atoms with Gasteiger partial charge in [-0.3, -0.25) is 0 Å². The lowest BCUT2D eigenvalue weighted by Crippen LogP contribution is -2.81. The normalized spacial score (nSPS) is 15.5. The van der Waals surface area contributed by atoms with Gasteiger partial charge in [-0.1, -0.05) is 493 Å². The summed E-state index contributed by atoms with van der Waals surface area (Å²) in [7, 11) is -3.98. The number of hydrogen-bond donors (Lipinski definition) is 0. The van der Waals surface area contributed by atoms with E-state index in [9.17, 15) is 0 Å². The smallest absolute Gasteiger partial charge is 0.0645 e. The molecule has 0 spiro atoms.